The van der Waals surface area contributed by atoms with Crippen LogP contribution in [-0.4, -0.2) is 150 Å². The van der Waals surface area contributed by atoms with Gasteiger partial charge in [0.25, 0.3) is 0 Å². The number of rotatable bonds is 11. The van der Waals surface area contributed by atoms with E-state index in [1.807, 2.05) is 39.8 Å². The van der Waals surface area contributed by atoms with Gasteiger partial charge in [0.1, 0.15) is 34.8 Å². The van der Waals surface area contributed by atoms with Gasteiger partial charge >= 0.3 is 5.97 Å². The second-order valence-electron chi connectivity index (χ2n) is 19.8. The maximum Gasteiger partial charge on any atom is 0.311 e. The van der Waals surface area contributed by atoms with Gasteiger partial charge < -0.3 is 64.4 Å². The van der Waals surface area contributed by atoms with E-state index in [1.165, 1.54) is 20.1 Å². The van der Waals surface area contributed by atoms with Gasteiger partial charge in [-0.1, -0.05) is 52.8 Å². The van der Waals surface area contributed by atoms with Crippen LogP contribution in [-0.2, 0) is 39.8 Å². The second kappa shape index (κ2) is 21.0. The predicted octanol–water partition coefficient (Wildman–Crippen LogP) is 4.13. The smallest absolute Gasteiger partial charge is 0.311 e. The Labute approximate surface area is 364 Å². The Kier molecular flexibility index (Phi) is 17.8. The maximum absolute atomic E-state index is 14.5. The van der Waals surface area contributed by atoms with Crippen molar-refractivity contribution in [2.45, 2.75) is 193 Å². The third-order valence-electron chi connectivity index (χ3n) is 14.2. The molecule has 4 rings (SSSR count). The molecule has 0 radical (unpaired) electrons. The highest BCUT2D eigenvalue weighted by atomic mass is 19.1. The number of carbonyl (C=O) groups is 1. The summed E-state index contributed by atoms with van der Waals surface area (Å²) in [7, 11) is 5.35. The fraction of sp³-hybridized carbons (Fsp3) is 0.848. The number of benzene rings is 1. The summed E-state index contributed by atoms with van der Waals surface area (Å²) in [6.45, 7) is 21.0. The quantitative estimate of drug-likeness (QED) is 0.175. The van der Waals surface area contributed by atoms with Crippen LogP contribution in [0.1, 0.15) is 107 Å². The molecule has 6 N–H and O–H groups in total. The molecule has 0 bridgehead atoms. The number of nitrogens with one attached hydrogen (secondary N) is 2. The molecule has 1 aromatic carbocycles. The minimum atomic E-state index is -1.78. The van der Waals surface area contributed by atoms with Crippen molar-refractivity contribution < 1.29 is 58.0 Å². The molecule has 1 aromatic rings. The average Bonchev–Trinajstić information content (AvgIpc) is 3.19. The van der Waals surface area contributed by atoms with Crippen LogP contribution >= 0.6 is 0 Å². The molecule has 0 amide bonds. The van der Waals surface area contributed by atoms with Crippen molar-refractivity contribution in [3.05, 3.63) is 35.6 Å². The summed E-state index contributed by atoms with van der Waals surface area (Å²) in [6.07, 6.45) is -6.48. The van der Waals surface area contributed by atoms with E-state index in [4.69, 9.17) is 28.4 Å². The van der Waals surface area contributed by atoms with E-state index < -0.39 is 95.1 Å². The molecule has 3 fully saturated rings. The molecule has 0 spiro atoms. The van der Waals surface area contributed by atoms with Crippen LogP contribution in [0.2, 0.25) is 0 Å². The Morgan fingerprint density at radius 2 is 1.64 bits per heavy atom. The van der Waals surface area contributed by atoms with Gasteiger partial charge in [-0.15, -0.1) is 0 Å². The fourth-order valence-electron chi connectivity index (χ4n) is 10.1. The van der Waals surface area contributed by atoms with Gasteiger partial charge in [0.15, 0.2) is 12.6 Å². The highest BCUT2D eigenvalue weighted by molar-refractivity contribution is 5.73. The van der Waals surface area contributed by atoms with Gasteiger partial charge in [0.05, 0.1) is 36.4 Å². The molecule has 17 atom stereocenters. The topological polar surface area (TPSA) is 181 Å². The van der Waals surface area contributed by atoms with Crippen molar-refractivity contribution in [3.8, 4) is 0 Å². The molecule has 3 heterocycles. The highest BCUT2D eigenvalue weighted by Crippen LogP contribution is 2.44. The molecule has 352 valence electrons. The van der Waals surface area contributed by atoms with E-state index in [9.17, 15) is 29.6 Å². The minimum Gasteiger partial charge on any atom is -0.459 e. The summed E-state index contributed by atoms with van der Waals surface area (Å²) >= 11 is 0. The number of aliphatic hydroxyl groups excluding tert-OH is 2. The monoisotopic (exact) mass is 870 g/mol. The normalized spacial score (nSPS) is 43.3. The zero-order valence-corrected chi connectivity index (χ0v) is 39.3. The van der Waals surface area contributed by atoms with Gasteiger partial charge in [-0.2, -0.15) is 0 Å². The molecule has 0 aromatic heterocycles. The largest absolute Gasteiger partial charge is 0.459 e. The number of nitrogens with zero attached hydrogens (tertiary/aromatic N) is 1. The van der Waals surface area contributed by atoms with Crippen LogP contribution in [0.5, 0.6) is 0 Å². The summed E-state index contributed by atoms with van der Waals surface area (Å²) in [5.41, 5.74) is -4.79. The minimum absolute atomic E-state index is 0.0112. The van der Waals surface area contributed by atoms with Crippen molar-refractivity contribution in [2.75, 3.05) is 34.3 Å². The lowest BCUT2D eigenvalue weighted by molar-refractivity contribution is -0.334. The second-order valence-corrected chi connectivity index (χ2v) is 19.8. The summed E-state index contributed by atoms with van der Waals surface area (Å²) in [4.78, 5) is 16.4. The molecule has 3 aliphatic heterocycles. The molecule has 0 saturated carbocycles. The van der Waals surface area contributed by atoms with E-state index in [0.29, 0.717) is 24.9 Å². The number of hydrogen-bond donors (Lipinski definition) is 6. The first-order valence-electron chi connectivity index (χ1n) is 22.4. The number of ether oxygens (including phenoxy) is 6. The highest BCUT2D eigenvalue weighted by Gasteiger charge is 2.58. The Morgan fingerprint density at radius 1 is 0.984 bits per heavy atom. The van der Waals surface area contributed by atoms with Gasteiger partial charge in [-0.3, -0.25) is 4.79 Å². The first kappa shape index (κ1) is 51.8. The number of carbonyl (C=O) groups excluding carboxylic acids is 1. The van der Waals surface area contributed by atoms with Crippen LogP contribution in [0, 0.1) is 29.0 Å². The van der Waals surface area contributed by atoms with E-state index >= 15 is 0 Å². The molecule has 14 nitrogen and oxygen atoms in total. The molecule has 61 heavy (non-hydrogen) atoms. The molecular weight excluding hydrogens is 790 g/mol. The van der Waals surface area contributed by atoms with Gasteiger partial charge in [-0.25, -0.2) is 4.39 Å². The van der Waals surface area contributed by atoms with Gasteiger partial charge in [0.2, 0.25) is 0 Å². The Hall–Kier alpha value is -1.86. The summed E-state index contributed by atoms with van der Waals surface area (Å²) in [5.74, 6) is -2.96. The lowest BCUT2D eigenvalue weighted by Crippen LogP contribution is -2.70. The number of halogens is 1. The molecule has 15 heteroatoms. The zero-order chi connectivity index (χ0) is 45.8. The van der Waals surface area contributed by atoms with Crippen molar-refractivity contribution in [2.24, 2.45) is 23.2 Å². The lowest BCUT2D eigenvalue weighted by atomic mass is 9.72. The van der Waals surface area contributed by atoms with Crippen LogP contribution in [0.15, 0.2) is 24.3 Å². The van der Waals surface area contributed by atoms with Crippen molar-refractivity contribution in [1.29, 1.82) is 0 Å². The van der Waals surface area contributed by atoms with Crippen LogP contribution in [0.25, 0.3) is 0 Å². The number of hydrogen-bond acceptors (Lipinski definition) is 14. The summed E-state index contributed by atoms with van der Waals surface area (Å²) in [5, 5.41) is 54.0. The number of cyclic esters (lactones) is 1. The van der Waals surface area contributed by atoms with Crippen LogP contribution in [0.3, 0.4) is 0 Å². The summed E-state index contributed by atoms with van der Waals surface area (Å²) < 4.78 is 53.5. The van der Waals surface area contributed by atoms with Gasteiger partial charge in [0, 0.05) is 56.7 Å². The van der Waals surface area contributed by atoms with Crippen LogP contribution in [0.4, 0.5) is 4.39 Å². The van der Waals surface area contributed by atoms with Crippen molar-refractivity contribution in [1.82, 2.24) is 15.5 Å². The zero-order valence-electron chi connectivity index (χ0n) is 39.3. The van der Waals surface area contributed by atoms with E-state index in [0.717, 1.165) is 0 Å². The maximum atomic E-state index is 14.5. The Morgan fingerprint density at radius 3 is 2.25 bits per heavy atom. The first-order chi connectivity index (χ1) is 28.3. The number of methoxy groups -OCH3 is 1. The Balaban J connectivity index is 1.76. The van der Waals surface area contributed by atoms with Crippen molar-refractivity contribution >= 4 is 5.97 Å². The average molecular weight is 870 g/mol. The number of esters is 1. The molecule has 3 saturated heterocycles. The SMILES string of the molecule is CC[C@H]1OC(=O)[C@H](C)[C@H](O[C@@H]2C[C@](C)(OC)[C@@](O)(CNCc3ccccc3F)[C@H](C)O2)[C@H](C)[C@@H](O[C@@H]2O[C@H](C)C[C@H](N(C)C)[C@H]2O)C(C)(C)C[C@@H](C)NC[C@H](C)[C@@H](O)[C@]1(C)O. The van der Waals surface area contributed by atoms with E-state index in [2.05, 4.69) is 31.4 Å². The standard InChI is InChI=1S/C46H80FN3O11/c1-15-35-45(11,54)39(52)26(2)23-49-27(3)21-43(8,9)40(61-42-37(51)34(50(12)13)20-28(4)57-42)29(5)38(30(6)41(53)59-35)60-36-22-44(10,56-14)46(55,31(7)58-36)25-48-24-32-18-16-17-19-33(32)47/h16-19,26-31,34-40,42,48-49,51-52,54-55H,15,20-25H2,1-14H3/t26-,27+,28+,29-,30+,31-,34-,35+,36+,37+,38+,39+,40+,42-,44-,45+,46+/m0/s1. The van der Waals surface area contributed by atoms with Crippen molar-refractivity contribution in [3.63, 3.8) is 0 Å². The first-order valence-corrected chi connectivity index (χ1v) is 22.4. The third-order valence-corrected chi connectivity index (χ3v) is 14.2. The molecular formula is C46H80FN3O11. The lowest BCUT2D eigenvalue weighted by Gasteiger charge is -2.54. The third kappa shape index (κ3) is 11.7. The predicted molar refractivity (Wildman–Crippen MR) is 230 cm³/mol. The van der Waals surface area contributed by atoms with Gasteiger partial charge in [-0.05, 0) is 92.3 Å². The fourth-order valence-corrected chi connectivity index (χ4v) is 10.1. The van der Waals surface area contributed by atoms with Crippen LogP contribution < -0.4 is 10.6 Å². The number of aliphatic hydroxyl groups is 4. The Bertz CT molecular complexity index is 1560. The summed E-state index contributed by atoms with van der Waals surface area (Å²) in [6, 6.07) is 6.12. The molecule has 0 aliphatic carbocycles. The van der Waals surface area contributed by atoms with E-state index in [-0.39, 0.29) is 49.9 Å². The van der Waals surface area contributed by atoms with E-state index in [1.54, 1.807) is 45.9 Å². The molecule has 0 unspecified atom stereocenters. The molecule has 3 aliphatic rings. The number of likely N-dealkylation sites (N-methyl/N-ethyl adjacent to an activating group) is 1.